The molecule has 0 aromatic heterocycles. The van der Waals surface area contributed by atoms with Crippen LogP contribution in [0.1, 0.15) is 30.4 Å². The van der Waals surface area contributed by atoms with Crippen molar-refractivity contribution in [1.29, 1.82) is 0 Å². The van der Waals surface area contributed by atoms with Crippen LogP contribution in [-0.2, 0) is 11.4 Å². The minimum absolute atomic E-state index is 0.160. The number of carbonyl (C=O) groups is 1. The van der Waals surface area contributed by atoms with Gasteiger partial charge in [-0.05, 0) is 86.1 Å². The van der Waals surface area contributed by atoms with Crippen molar-refractivity contribution >= 4 is 23.2 Å². The van der Waals surface area contributed by atoms with Crippen molar-refractivity contribution in [3.05, 3.63) is 58.6 Å². The molecule has 4 nitrogen and oxygen atoms in total. The van der Waals surface area contributed by atoms with Crippen molar-refractivity contribution in [1.82, 2.24) is 5.32 Å². The summed E-state index contributed by atoms with van der Waals surface area (Å²) in [5, 5.41) is 7.20. The van der Waals surface area contributed by atoms with E-state index < -0.39 is 0 Å². The fraction of sp³-hybridized carbons (Fsp3) is 0.409. The third kappa shape index (κ3) is 4.12. The van der Waals surface area contributed by atoms with Crippen LogP contribution < -0.4 is 15.4 Å². The number of ether oxygens (including phenoxy) is 1. The Morgan fingerprint density at radius 3 is 2.81 bits per heavy atom. The predicted octanol–water partition coefficient (Wildman–Crippen LogP) is 4.56. The summed E-state index contributed by atoms with van der Waals surface area (Å²) in [6.45, 7) is 4.52. The number of nitrogens with one attached hydrogen (secondary N) is 2. The molecule has 1 spiro atoms. The molecule has 1 unspecified atom stereocenters. The number of hydrogen-bond donors (Lipinski definition) is 2. The fourth-order valence-electron chi connectivity index (χ4n) is 4.08. The monoisotopic (exact) mass is 384 g/mol. The van der Waals surface area contributed by atoms with Crippen LogP contribution in [0.15, 0.2) is 42.5 Å². The second kappa shape index (κ2) is 7.53. The fourth-order valence-corrected chi connectivity index (χ4v) is 4.29. The maximum atomic E-state index is 12.7. The first-order chi connectivity index (χ1) is 13.1. The zero-order valence-electron chi connectivity index (χ0n) is 15.6. The van der Waals surface area contributed by atoms with Crippen molar-refractivity contribution in [2.45, 2.75) is 32.8 Å². The largest absolute Gasteiger partial charge is 0.489 e. The van der Waals surface area contributed by atoms with E-state index in [0.717, 1.165) is 54.9 Å². The number of aryl methyl sites for hydroxylation is 1. The average Bonchev–Trinajstić information content (AvgIpc) is 3.35. The molecular weight excluding hydrogens is 360 g/mol. The average molecular weight is 385 g/mol. The molecule has 1 heterocycles. The first kappa shape index (κ1) is 18.3. The minimum Gasteiger partial charge on any atom is -0.489 e. The van der Waals surface area contributed by atoms with Gasteiger partial charge in [0, 0.05) is 16.6 Å². The minimum atomic E-state index is 0.160. The van der Waals surface area contributed by atoms with Crippen LogP contribution in [0.4, 0.5) is 5.69 Å². The molecule has 1 aliphatic carbocycles. The molecule has 5 heteroatoms. The first-order valence-electron chi connectivity index (χ1n) is 9.55. The first-order valence-corrected chi connectivity index (χ1v) is 9.93. The Hall–Kier alpha value is -2.04. The van der Waals surface area contributed by atoms with Gasteiger partial charge in [0.1, 0.15) is 12.4 Å². The highest BCUT2D eigenvalue weighted by molar-refractivity contribution is 6.30. The molecule has 2 aromatic rings. The third-order valence-corrected chi connectivity index (χ3v) is 6.09. The topological polar surface area (TPSA) is 50.4 Å². The predicted molar refractivity (Wildman–Crippen MR) is 108 cm³/mol. The maximum Gasteiger partial charge on any atom is 0.228 e. The normalized spacial score (nSPS) is 20.3. The van der Waals surface area contributed by atoms with E-state index in [4.69, 9.17) is 16.3 Å². The molecule has 1 saturated heterocycles. The molecule has 142 valence electrons. The Labute approximate surface area is 165 Å². The summed E-state index contributed by atoms with van der Waals surface area (Å²) in [4.78, 5) is 12.7. The zero-order chi connectivity index (χ0) is 18.9. The summed E-state index contributed by atoms with van der Waals surface area (Å²) in [6.07, 6.45) is 3.25. The van der Waals surface area contributed by atoms with Gasteiger partial charge in [-0.15, -0.1) is 0 Å². The van der Waals surface area contributed by atoms with E-state index in [1.54, 1.807) is 0 Å². The number of piperidine rings is 1. The SMILES string of the molecule is Cc1cc(OCc2cccc(Cl)c2)ccc1NC(=O)C1CC12CCNCC2. The second-order valence-corrected chi connectivity index (χ2v) is 8.19. The number of rotatable bonds is 5. The molecule has 4 rings (SSSR count). The highest BCUT2D eigenvalue weighted by Gasteiger charge is 2.57. The van der Waals surface area contributed by atoms with Crippen molar-refractivity contribution in [2.24, 2.45) is 11.3 Å². The van der Waals surface area contributed by atoms with Crippen LogP contribution in [0, 0.1) is 18.3 Å². The quantitative estimate of drug-likeness (QED) is 0.794. The lowest BCUT2D eigenvalue weighted by Crippen LogP contribution is -2.31. The van der Waals surface area contributed by atoms with Gasteiger partial charge in [-0.25, -0.2) is 0 Å². The molecule has 0 radical (unpaired) electrons. The zero-order valence-corrected chi connectivity index (χ0v) is 16.3. The molecule has 1 amide bonds. The van der Waals surface area contributed by atoms with E-state index >= 15 is 0 Å². The summed E-state index contributed by atoms with van der Waals surface area (Å²) < 4.78 is 5.86. The summed E-state index contributed by atoms with van der Waals surface area (Å²) in [5.74, 6) is 1.11. The van der Waals surface area contributed by atoms with Crippen LogP contribution >= 0.6 is 11.6 Å². The van der Waals surface area contributed by atoms with Gasteiger partial charge in [-0.2, -0.15) is 0 Å². The Bertz CT molecular complexity index is 846. The van der Waals surface area contributed by atoms with Gasteiger partial charge >= 0.3 is 0 Å². The van der Waals surface area contributed by atoms with Crippen molar-refractivity contribution in [2.75, 3.05) is 18.4 Å². The van der Waals surface area contributed by atoms with Crippen LogP contribution in [0.5, 0.6) is 5.75 Å². The number of benzene rings is 2. The number of hydrogen-bond acceptors (Lipinski definition) is 3. The number of anilines is 1. The van der Waals surface area contributed by atoms with E-state index in [1.165, 1.54) is 0 Å². The standard InChI is InChI=1S/C22H25ClN2O2/c1-15-11-18(27-14-16-3-2-4-17(23)12-16)5-6-20(15)25-21(26)19-13-22(19)7-9-24-10-8-22/h2-6,11-12,19,24H,7-10,13-14H2,1H3,(H,25,26). The van der Waals surface area contributed by atoms with Crippen molar-refractivity contribution in [3.8, 4) is 5.75 Å². The highest BCUT2D eigenvalue weighted by atomic mass is 35.5. The van der Waals surface area contributed by atoms with Crippen LogP contribution in [0.2, 0.25) is 5.02 Å². The molecule has 2 aliphatic rings. The van der Waals surface area contributed by atoms with Gasteiger partial charge in [0.05, 0.1) is 0 Å². The van der Waals surface area contributed by atoms with E-state index in [0.29, 0.717) is 11.6 Å². The van der Waals surface area contributed by atoms with E-state index in [-0.39, 0.29) is 17.2 Å². The summed E-state index contributed by atoms with van der Waals surface area (Å²) >= 11 is 6.01. The molecule has 1 atom stereocenters. The lowest BCUT2D eigenvalue weighted by molar-refractivity contribution is -0.118. The Balaban J connectivity index is 1.35. The number of halogens is 1. The van der Waals surface area contributed by atoms with Crippen LogP contribution in [-0.4, -0.2) is 19.0 Å². The van der Waals surface area contributed by atoms with Crippen LogP contribution in [0.3, 0.4) is 0 Å². The maximum absolute atomic E-state index is 12.7. The van der Waals surface area contributed by atoms with E-state index in [9.17, 15) is 4.79 Å². The van der Waals surface area contributed by atoms with E-state index in [1.807, 2.05) is 49.4 Å². The van der Waals surface area contributed by atoms with Gasteiger partial charge in [-0.3, -0.25) is 4.79 Å². The molecular formula is C22H25ClN2O2. The summed E-state index contributed by atoms with van der Waals surface area (Å²) in [5.41, 5.74) is 3.15. The molecule has 2 aromatic carbocycles. The number of amides is 1. The van der Waals surface area contributed by atoms with Gasteiger partial charge in [0.25, 0.3) is 0 Å². The number of carbonyl (C=O) groups excluding carboxylic acids is 1. The van der Waals surface area contributed by atoms with Crippen molar-refractivity contribution < 1.29 is 9.53 Å². The van der Waals surface area contributed by atoms with Crippen molar-refractivity contribution in [3.63, 3.8) is 0 Å². The summed E-state index contributed by atoms with van der Waals surface area (Å²) in [6, 6.07) is 13.4. The Morgan fingerprint density at radius 1 is 1.26 bits per heavy atom. The highest BCUT2D eigenvalue weighted by Crippen LogP contribution is 2.58. The van der Waals surface area contributed by atoms with Gasteiger partial charge in [0.15, 0.2) is 0 Å². The van der Waals surface area contributed by atoms with E-state index in [2.05, 4.69) is 10.6 Å². The van der Waals surface area contributed by atoms with Gasteiger partial charge in [0.2, 0.25) is 5.91 Å². The molecule has 2 fully saturated rings. The Morgan fingerprint density at radius 2 is 2.07 bits per heavy atom. The molecule has 1 saturated carbocycles. The van der Waals surface area contributed by atoms with Gasteiger partial charge < -0.3 is 15.4 Å². The molecule has 0 bridgehead atoms. The molecule has 1 aliphatic heterocycles. The lowest BCUT2D eigenvalue weighted by atomic mass is 9.91. The third-order valence-electron chi connectivity index (χ3n) is 5.86. The lowest BCUT2D eigenvalue weighted by Gasteiger charge is -2.23. The second-order valence-electron chi connectivity index (χ2n) is 7.75. The summed E-state index contributed by atoms with van der Waals surface area (Å²) in [7, 11) is 0. The Kier molecular flexibility index (Phi) is 5.11. The van der Waals surface area contributed by atoms with Crippen LogP contribution in [0.25, 0.3) is 0 Å². The molecule has 2 N–H and O–H groups in total. The van der Waals surface area contributed by atoms with Gasteiger partial charge in [-0.1, -0.05) is 23.7 Å². The smallest absolute Gasteiger partial charge is 0.228 e. The molecule has 27 heavy (non-hydrogen) atoms.